The fraction of sp³-hybridized carbons (Fsp3) is 0.400. The summed E-state index contributed by atoms with van der Waals surface area (Å²) in [6.07, 6.45) is 0.325. The lowest BCUT2D eigenvalue weighted by molar-refractivity contribution is -0.149. The number of hydrogen-bond donors (Lipinski definition) is 1. The number of hydrogen-bond acceptors (Lipinski definition) is 5. The second kappa shape index (κ2) is 7.55. The first kappa shape index (κ1) is 16.0. The van der Waals surface area contributed by atoms with Crippen LogP contribution in [0.1, 0.15) is 18.6 Å². The van der Waals surface area contributed by atoms with E-state index in [-0.39, 0.29) is 6.61 Å². The molecular formula is C15H20O5. The van der Waals surface area contributed by atoms with E-state index in [1.165, 1.54) is 20.3 Å². The number of carbonyl (C=O) groups is 1. The first-order valence-corrected chi connectivity index (χ1v) is 6.28. The van der Waals surface area contributed by atoms with Crippen molar-refractivity contribution in [1.29, 1.82) is 0 Å². The van der Waals surface area contributed by atoms with Crippen LogP contribution in [0.15, 0.2) is 30.9 Å². The molecule has 0 heterocycles. The molecule has 0 spiro atoms. The molecule has 0 bridgehead atoms. The second-order valence-corrected chi connectivity index (χ2v) is 4.07. The molecule has 1 N–H and O–H groups in total. The number of esters is 1. The van der Waals surface area contributed by atoms with Crippen LogP contribution in [-0.4, -0.2) is 31.9 Å². The third-order valence-corrected chi connectivity index (χ3v) is 2.90. The Kier molecular flexibility index (Phi) is 6.06. The van der Waals surface area contributed by atoms with E-state index >= 15 is 0 Å². The molecule has 0 radical (unpaired) electrons. The van der Waals surface area contributed by atoms with Gasteiger partial charge in [-0.3, -0.25) is 4.79 Å². The van der Waals surface area contributed by atoms with Gasteiger partial charge in [-0.25, -0.2) is 0 Å². The lowest BCUT2D eigenvalue weighted by atomic mass is 9.95. The van der Waals surface area contributed by atoms with Crippen LogP contribution in [0, 0.1) is 5.92 Å². The molecular weight excluding hydrogens is 260 g/mol. The van der Waals surface area contributed by atoms with Gasteiger partial charge < -0.3 is 19.3 Å². The van der Waals surface area contributed by atoms with Crippen molar-refractivity contribution < 1.29 is 24.1 Å². The van der Waals surface area contributed by atoms with Gasteiger partial charge in [-0.2, -0.15) is 0 Å². The molecule has 0 saturated heterocycles. The van der Waals surface area contributed by atoms with E-state index in [4.69, 9.17) is 14.2 Å². The summed E-state index contributed by atoms with van der Waals surface area (Å²) in [4.78, 5) is 11.8. The zero-order valence-electron chi connectivity index (χ0n) is 12.0. The number of aliphatic hydroxyl groups excluding tert-OH is 1. The lowest BCUT2D eigenvalue weighted by Gasteiger charge is -2.19. The predicted octanol–water partition coefficient (Wildman–Crippen LogP) is 2.10. The summed E-state index contributed by atoms with van der Waals surface area (Å²) in [5.41, 5.74) is 0.528. The smallest absolute Gasteiger partial charge is 0.315 e. The van der Waals surface area contributed by atoms with Crippen molar-refractivity contribution in [3.63, 3.8) is 0 Å². The van der Waals surface area contributed by atoms with E-state index < -0.39 is 18.0 Å². The van der Waals surface area contributed by atoms with Crippen molar-refractivity contribution >= 4 is 5.97 Å². The minimum Gasteiger partial charge on any atom is -0.493 e. The topological polar surface area (TPSA) is 65.0 Å². The van der Waals surface area contributed by atoms with Crippen LogP contribution >= 0.6 is 0 Å². The van der Waals surface area contributed by atoms with Gasteiger partial charge in [0.25, 0.3) is 0 Å². The zero-order chi connectivity index (χ0) is 15.1. The molecule has 20 heavy (non-hydrogen) atoms. The number of methoxy groups -OCH3 is 2. The van der Waals surface area contributed by atoms with Crippen LogP contribution in [-0.2, 0) is 9.53 Å². The average molecular weight is 280 g/mol. The van der Waals surface area contributed by atoms with Crippen LogP contribution in [0.5, 0.6) is 11.5 Å². The summed E-state index contributed by atoms with van der Waals surface area (Å²) in [7, 11) is 3.03. The molecule has 1 rings (SSSR count). The Morgan fingerprint density at radius 3 is 2.50 bits per heavy atom. The Hall–Kier alpha value is -2.01. The van der Waals surface area contributed by atoms with E-state index in [1.807, 2.05) is 0 Å². The highest BCUT2D eigenvalue weighted by molar-refractivity contribution is 5.75. The van der Waals surface area contributed by atoms with E-state index in [9.17, 15) is 9.90 Å². The second-order valence-electron chi connectivity index (χ2n) is 4.07. The number of ether oxygens (including phenoxy) is 3. The number of benzene rings is 1. The SMILES string of the molecule is C=C[C@@H](C(=O)OCC)[C@H](O)c1ccc(OC)c(OC)c1. The number of carbonyl (C=O) groups excluding carboxylic acids is 1. The standard InChI is InChI=1S/C15H20O5/c1-5-11(15(17)20-6-2)14(16)10-7-8-12(18-3)13(9-10)19-4/h5,7-9,11,14,16H,1,6H2,2-4H3/t11-,14-/m1/s1. The van der Waals surface area contributed by atoms with E-state index in [0.717, 1.165) is 0 Å². The molecule has 5 nitrogen and oxygen atoms in total. The van der Waals surface area contributed by atoms with Crippen LogP contribution in [0.4, 0.5) is 0 Å². The maximum Gasteiger partial charge on any atom is 0.315 e. The molecule has 2 atom stereocenters. The van der Waals surface area contributed by atoms with Crippen molar-refractivity contribution in [3.05, 3.63) is 36.4 Å². The summed E-state index contributed by atoms with van der Waals surface area (Å²) in [6.45, 7) is 5.53. The fourth-order valence-corrected chi connectivity index (χ4v) is 1.84. The molecule has 0 saturated carbocycles. The minimum atomic E-state index is -1.05. The molecule has 0 fully saturated rings. The highest BCUT2D eigenvalue weighted by atomic mass is 16.5. The Labute approximate surface area is 118 Å². The van der Waals surface area contributed by atoms with E-state index in [2.05, 4.69) is 6.58 Å². The maximum atomic E-state index is 11.8. The van der Waals surface area contributed by atoms with Crippen molar-refractivity contribution in [1.82, 2.24) is 0 Å². The summed E-state index contributed by atoms with van der Waals surface area (Å²) in [5.74, 6) is -0.303. The summed E-state index contributed by atoms with van der Waals surface area (Å²) >= 11 is 0. The zero-order valence-corrected chi connectivity index (χ0v) is 12.0. The molecule has 0 aliphatic carbocycles. The third kappa shape index (κ3) is 3.51. The van der Waals surface area contributed by atoms with E-state index in [0.29, 0.717) is 17.1 Å². The molecule has 0 aliphatic heterocycles. The van der Waals surface area contributed by atoms with Gasteiger partial charge in [0.05, 0.1) is 26.9 Å². The summed E-state index contributed by atoms with van der Waals surface area (Å²) in [5, 5.41) is 10.3. The maximum absolute atomic E-state index is 11.8. The molecule has 110 valence electrons. The number of rotatable bonds is 7. The highest BCUT2D eigenvalue weighted by Crippen LogP contribution is 2.32. The van der Waals surface area contributed by atoms with Gasteiger partial charge >= 0.3 is 5.97 Å². The average Bonchev–Trinajstić information content (AvgIpc) is 2.47. The molecule has 0 aromatic heterocycles. The van der Waals surface area contributed by atoms with Crippen LogP contribution in [0.3, 0.4) is 0 Å². The molecule has 1 aromatic rings. The van der Waals surface area contributed by atoms with Crippen molar-refractivity contribution in [2.45, 2.75) is 13.0 Å². The van der Waals surface area contributed by atoms with Crippen molar-refractivity contribution in [3.8, 4) is 11.5 Å². The normalized spacial score (nSPS) is 13.2. The fourth-order valence-electron chi connectivity index (χ4n) is 1.84. The predicted molar refractivity (Wildman–Crippen MR) is 74.8 cm³/mol. The molecule has 1 aromatic carbocycles. The van der Waals surface area contributed by atoms with Crippen LogP contribution < -0.4 is 9.47 Å². The first-order chi connectivity index (χ1) is 9.58. The Bertz CT molecular complexity index is 469. The van der Waals surface area contributed by atoms with Crippen molar-refractivity contribution in [2.24, 2.45) is 5.92 Å². The third-order valence-electron chi connectivity index (χ3n) is 2.90. The van der Waals surface area contributed by atoms with Gasteiger partial charge in [0.1, 0.15) is 5.92 Å². The highest BCUT2D eigenvalue weighted by Gasteiger charge is 2.27. The van der Waals surface area contributed by atoms with Gasteiger partial charge in [0, 0.05) is 0 Å². The summed E-state index contributed by atoms with van der Waals surface area (Å²) in [6, 6.07) is 4.96. The summed E-state index contributed by atoms with van der Waals surface area (Å²) < 4.78 is 15.2. The molecule has 0 unspecified atom stereocenters. The van der Waals surface area contributed by atoms with Gasteiger partial charge in [-0.15, -0.1) is 6.58 Å². The molecule has 0 amide bonds. The number of aliphatic hydroxyl groups is 1. The monoisotopic (exact) mass is 280 g/mol. The van der Waals surface area contributed by atoms with Crippen LogP contribution in [0.2, 0.25) is 0 Å². The van der Waals surface area contributed by atoms with Crippen molar-refractivity contribution in [2.75, 3.05) is 20.8 Å². The van der Waals surface area contributed by atoms with E-state index in [1.54, 1.807) is 25.1 Å². The Balaban J connectivity index is 3.03. The molecule has 0 aliphatic rings. The largest absolute Gasteiger partial charge is 0.493 e. The quantitative estimate of drug-likeness (QED) is 0.612. The van der Waals surface area contributed by atoms with Crippen LogP contribution in [0.25, 0.3) is 0 Å². The van der Waals surface area contributed by atoms with Gasteiger partial charge in [0.2, 0.25) is 0 Å². The van der Waals surface area contributed by atoms with Gasteiger partial charge in [0.15, 0.2) is 11.5 Å². The van der Waals surface area contributed by atoms with Gasteiger partial charge in [-0.05, 0) is 24.6 Å². The Morgan fingerprint density at radius 2 is 2.00 bits per heavy atom. The first-order valence-electron chi connectivity index (χ1n) is 6.28. The Morgan fingerprint density at radius 1 is 1.35 bits per heavy atom. The minimum absolute atomic E-state index is 0.252. The lowest BCUT2D eigenvalue weighted by Crippen LogP contribution is -2.22. The van der Waals surface area contributed by atoms with Gasteiger partial charge in [-0.1, -0.05) is 12.1 Å². The molecule has 5 heteroatoms.